The Morgan fingerprint density at radius 2 is 1.81 bits per heavy atom. The average Bonchev–Trinajstić information content (AvgIpc) is 3.59. The van der Waals surface area contributed by atoms with Gasteiger partial charge < -0.3 is 20.0 Å². The Morgan fingerprint density at radius 1 is 1.06 bits per heavy atom. The summed E-state index contributed by atoms with van der Waals surface area (Å²) < 4.78 is 0. The van der Waals surface area contributed by atoms with E-state index >= 15 is 0 Å². The second kappa shape index (κ2) is 9.28. The molecule has 9 nitrogen and oxygen atoms in total. The first-order valence-corrected chi connectivity index (χ1v) is 11.3. The first-order chi connectivity index (χ1) is 15.4. The normalized spacial score (nSPS) is 21.2. The van der Waals surface area contributed by atoms with E-state index in [-0.39, 0.29) is 36.2 Å². The zero-order valence-corrected chi connectivity index (χ0v) is 18.7. The Morgan fingerprint density at radius 3 is 2.53 bits per heavy atom. The van der Waals surface area contributed by atoms with Crippen LogP contribution < -0.4 is 5.32 Å². The van der Waals surface area contributed by atoms with Gasteiger partial charge in [-0.15, -0.1) is 0 Å². The molecule has 4 amide bonds. The summed E-state index contributed by atoms with van der Waals surface area (Å²) in [5, 5.41) is 2.78. The van der Waals surface area contributed by atoms with Gasteiger partial charge in [0.2, 0.25) is 17.7 Å². The van der Waals surface area contributed by atoms with Crippen molar-refractivity contribution in [3.8, 4) is 0 Å². The Labute approximate surface area is 188 Å². The molecule has 32 heavy (non-hydrogen) atoms. The number of amides is 4. The van der Waals surface area contributed by atoms with Crippen molar-refractivity contribution in [1.29, 1.82) is 0 Å². The highest BCUT2D eigenvalue weighted by molar-refractivity contribution is 6.05. The van der Waals surface area contributed by atoms with Gasteiger partial charge in [-0.1, -0.05) is 18.2 Å². The number of fused-ring (bicyclic) bond motifs is 1. The molecule has 1 unspecified atom stereocenters. The lowest BCUT2D eigenvalue weighted by Gasteiger charge is -2.25. The molecule has 0 radical (unpaired) electrons. The van der Waals surface area contributed by atoms with Crippen LogP contribution in [0.3, 0.4) is 0 Å². The Kier molecular flexibility index (Phi) is 6.45. The molecule has 1 N–H and O–H groups in total. The lowest BCUT2D eigenvalue weighted by Crippen LogP contribution is -2.46. The topological polar surface area (TPSA) is 93.3 Å². The molecule has 0 aromatic heterocycles. The monoisotopic (exact) mass is 441 g/mol. The molecule has 1 saturated heterocycles. The molecule has 1 aromatic carbocycles. The van der Waals surface area contributed by atoms with Gasteiger partial charge in [-0.05, 0) is 30.9 Å². The van der Waals surface area contributed by atoms with Crippen LogP contribution in [-0.4, -0.2) is 103 Å². The molecule has 2 aliphatic heterocycles. The van der Waals surface area contributed by atoms with E-state index in [9.17, 15) is 19.2 Å². The maximum atomic E-state index is 13.1. The molecule has 4 rings (SSSR count). The highest BCUT2D eigenvalue weighted by Gasteiger charge is 2.47. The molecule has 1 aromatic rings. The van der Waals surface area contributed by atoms with Gasteiger partial charge in [0.05, 0.1) is 13.1 Å². The van der Waals surface area contributed by atoms with Gasteiger partial charge in [0, 0.05) is 51.9 Å². The van der Waals surface area contributed by atoms with Crippen LogP contribution in [0.2, 0.25) is 0 Å². The van der Waals surface area contributed by atoms with E-state index in [2.05, 4.69) is 10.2 Å². The van der Waals surface area contributed by atoms with E-state index < -0.39 is 6.04 Å². The number of carbonyl (C=O) groups excluding carboxylic acids is 4. The molecule has 0 spiro atoms. The van der Waals surface area contributed by atoms with Crippen LogP contribution in [0.5, 0.6) is 0 Å². The van der Waals surface area contributed by atoms with Crippen molar-refractivity contribution in [1.82, 2.24) is 24.9 Å². The molecule has 0 bridgehead atoms. The molecule has 2 fully saturated rings. The fraction of sp³-hybridized carbons (Fsp3) is 0.565. The van der Waals surface area contributed by atoms with Crippen molar-refractivity contribution in [3.05, 3.63) is 35.4 Å². The molecule has 172 valence electrons. The van der Waals surface area contributed by atoms with Crippen LogP contribution in [0.25, 0.3) is 0 Å². The quantitative estimate of drug-likeness (QED) is 0.675. The summed E-state index contributed by atoms with van der Waals surface area (Å²) in [6.07, 6.45) is 2.59. The third-order valence-corrected chi connectivity index (χ3v) is 6.40. The number of nitrogens with zero attached hydrogens (tertiary/aromatic N) is 4. The van der Waals surface area contributed by atoms with E-state index in [4.69, 9.17) is 0 Å². The molecule has 1 saturated carbocycles. The fourth-order valence-electron chi connectivity index (χ4n) is 4.42. The van der Waals surface area contributed by atoms with Crippen LogP contribution in [0.4, 0.5) is 0 Å². The van der Waals surface area contributed by atoms with Gasteiger partial charge in [-0.25, -0.2) is 0 Å². The fourth-order valence-corrected chi connectivity index (χ4v) is 4.42. The van der Waals surface area contributed by atoms with E-state index in [0.29, 0.717) is 37.3 Å². The number of nitrogens with one attached hydrogen (secondary N) is 1. The average molecular weight is 442 g/mol. The minimum atomic E-state index is -0.671. The third-order valence-electron chi connectivity index (χ3n) is 6.40. The predicted octanol–water partition coefficient (Wildman–Crippen LogP) is 0.0846. The lowest BCUT2D eigenvalue weighted by atomic mass is 10.0. The summed E-state index contributed by atoms with van der Waals surface area (Å²) in [5.74, 6) is -0.510. The number of likely N-dealkylation sites (N-methyl/N-ethyl adjacent to an activating group) is 1. The smallest absolute Gasteiger partial charge is 0.255 e. The predicted molar refractivity (Wildman–Crippen MR) is 118 cm³/mol. The minimum Gasteiger partial charge on any atom is -0.348 e. The Bertz CT molecular complexity index is 913. The van der Waals surface area contributed by atoms with Crippen molar-refractivity contribution in [2.24, 2.45) is 0 Å². The second-order valence-corrected chi connectivity index (χ2v) is 8.95. The zero-order chi connectivity index (χ0) is 22.8. The Balaban J connectivity index is 1.33. The first-order valence-electron chi connectivity index (χ1n) is 11.3. The Hall–Kier alpha value is -2.94. The van der Waals surface area contributed by atoms with Crippen molar-refractivity contribution in [3.63, 3.8) is 0 Å². The van der Waals surface area contributed by atoms with Crippen molar-refractivity contribution >= 4 is 23.6 Å². The maximum Gasteiger partial charge on any atom is 0.255 e. The van der Waals surface area contributed by atoms with Gasteiger partial charge in [0.1, 0.15) is 6.04 Å². The molecule has 9 heteroatoms. The lowest BCUT2D eigenvalue weighted by molar-refractivity contribution is -0.134. The number of hydrogen-bond acceptors (Lipinski definition) is 5. The molecule has 2 heterocycles. The van der Waals surface area contributed by atoms with Crippen molar-refractivity contribution in [2.75, 3.05) is 53.4 Å². The summed E-state index contributed by atoms with van der Waals surface area (Å²) in [6.45, 7) is 2.75. The van der Waals surface area contributed by atoms with Gasteiger partial charge in [-0.2, -0.15) is 0 Å². The third kappa shape index (κ3) is 4.62. The van der Waals surface area contributed by atoms with E-state index in [1.54, 1.807) is 40.9 Å². The van der Waals surface area contributed by atoms with Crippen LogP contribution in [0.15, 0.2) is 24.3 Å². The van der Waals surface area contributed by atoms with E-state index in [0.717, 1.165) is 25.8 Å². The highest BCUT2D eigenvalue weighted by atomic mass is 16.2. The molecular weight excluding hydrogens is 410 g/mol. The summed E-state index contributed by atoms with van der Waals surface area (Å²) in [6, 6.07) is 6.65. The zero-order valence-electron chi connectivity index (χ0n) is 18.7. The van der Waals surface area contributed by atoms with Gasteiger partial charge in [-0.3, -0.25) is 24.1 Å². The number of hydrogen-bond donors (Lipinski definition) is 1. The summed E-state index contributed by atoms with van der Waals surface area (Å²) in [7, 11) is 3.47. The van der Waals surface area contributed by atoms with Crippen LogP contribution in [0.1, 0.15) is 41.2 Å². The van der Waals surface area contributed by atoms with E-state index in [1.807, 2.05) is 12.1 Å². The number of rotatable bonds is 6. The van der Waals surface area contributed by atoms with Crippen molar-refractivity contribution in [2.45, 2.75) is 31.3 Å². The van der Waals surface area contributed by atoms with Gasteiger partial charge in [0.15, 0.2) is 0 Å². The molecule has 3 aliphatic rings. The standard InChI is InChI=1S/C23H31N5O4/c1-25(2)20(30)15-26-10-5-11-27(13-12-26)19(29)14-24-22(31)21-17-6-3-4-7-18(17)23(32)28(21)16-8-9-16/h3-4,6-7,16,21H,5,8-15H2,1-2H3,(H,24,31). The molecule has 1 atom stereocenters. The summed E-state index contributed by atoms with van der Waals surface area (Å²) >= 11 is 0. The minimum absolute atomic E-state index is 0.0450. The molecular formula is C23H31N5O4. The molecule has 1 aliphatic carbocycles. The van der Waals surface area contributed by atoms with Gasteiger partial charge in [0.25, 0.3) is 5.91 Å². The SMILES string of the molecule is CN(C)C(=O)CN1CCCN(C(=O)CNC(=O)C2c3ccccc3C(=O)N2C2CC2)CC1. The summed E-state index contributed by atoms with van der Waals surface area (Å²) in [4.78, 5) is 57.7. The maximum absolute atomic E-state index is 13.1. The first kappa shape index (κ1) is 22.3. The highest BCUT2D eigenvalue weighted by Crippen LogP contribution is 2.41. The van der Waals surface area contributed by atoms with E-state index in [1.165, 1.54) is 0 Å². The van der Waals surface area contributed by atoms with Crippen LogP contribution >= 0.6 is 0 Å². The number of benzene rings is 1. The summed E-state index contributed by atoms with van der Waals surface area (Å²) in [5.41, 5.74) is 1.29. The van der Waals surface area contributed by atoms with Crippen molar-refractivity contribution < 1.29 is 19.2 Å². The van der Waals surface area contributed by atoms with Crippen LogP contribution in [0, 0.1) is 0 Å². The van der Waals surface area contributed by atoms with Crippen LogP contribution in [-0.2, 0) is 14.4 Å². The second-order valence-electron chi connectivity index (χ2n) is 8.95. The number of carbonyl (C=O) groups is 4. The largest absolute Gasteiger partial charge is 0.348 e. The van der Waals surface area contributed by atoms with Gasteiger partial charge >= 0.3 is 0 Å².